The van der Waals surface area contributed by atoms with E-state index in [0.29, 0.717) is 11.3 Å². The minimum absolute atomic E-state index is 0.132. The zero-order chi connectivity index (χ0) is 14.8. The van der Waals surface area contributed by atoms with Gasteiger partial charge in [-0.25, -0.2) is 4.79 Å². The molecule has 21 heavy (non-hydrogen) atoms. The van der Waals surface area contributed by atoms with Crippen LogP contribution in [0.25, 0.3) is 10.9 Å². The number of benzene rings is 1. The molecule has 0 saturated heterocycles. The van der Waals surface area contributed by atoms with Gasteiger partial charge in [-0.15, -0.1) is 0 Å². The van der Waals surface area contributed by atoms with E-state index in [0.717, 1.165) is 10.9 Å². The molecule has 6 heteroatoms. The monoisotopic (exact) mass is 284 g/mol. The molecule has 0 atom stereocenters. The molecule has 0 fully saturated rings. The molecule has 6 nitrogen and oxygen atoms in total. The van der Waals surface area contributed by atoms with Crippen molar-refractivity contribution in [2.24, 2.45) is 0 Å². The van der Waals surface area contributed by atoms with Crippen molar-refractivity contribution in [3.63, 3.8) is 0 Å². The number of amides is 1. The van der Waals surface area contributed by atoms with Crippen LogP contribution in [0, 0.1) is 0 Å². The quantitative estimate of drug-likeness (QED) is 0.685. The second-order valence-corrected chi connectivity index (χ2v) is 4.50. The fourth-order valence-electron chi connectivity index (χ4n) is 2.13. The minimum atomic E-state index is -1.13. The lowest BCUT2D eigenvalue weighted by molar-refractivity contribution is 0.0660. The number of aromatic carboxylic acids is 1. The van der Waals surface area contributed by atoms with E-state index in [1.165, 1.54) is 12.1 Å². The molecule has 3 rings (SSSR count). The molecular weight excluding hydrogens is 272 g/mol. The van der Waals surface area contributed by atoms with Gasteiger partial charge in [0.05, 0.1) is 6.54 Å². The summed E-state index contributed by atoms with van der Waals surface area (Å²) in [6.07, 6.45) is 1.77. The van der Waals surface area contributed by atoms with Gasteiger partial charge in [0.15, 0.2) is 0 Å². The van der Waals surface area contributed by atoms with Crippen molar-refractivity contribution in [2.45, 2.75) is 6.54 Å². The summed E-state index contributed by atoms with van der Waals surface area (Å²) in [5.41, 5.74) is 1.44. The van der Waals surface area contributed by atoms with E-state index in [4.69, 9.17) is 9.52 Å². The lowest BCUT2D eigenvalue weighted by Gasteiger charge is -2.04. The second-order valence-electron chi connectivity index (χ2n) is 4.50. The highest BCUT2D eigenvalue weighted by atomic mass is 16.4. The molecule has 3 aromatic rings. The zero-order valence-corrected chi connectivity index (χ0v) is 10.9. The predicted molar refractivity (Wildman–Crippen MR) is 75.1 cm³/mol. The highest BCUT2D eigenvalue weighted by Gasteiger charge is 2.12. The zero-order valence-electron chi connectivity index (χ0n) is 10.9. The first-order valence-electron chi connectivity index (χ1n) is 6.31. The van der Waals surface area contributed by atoms with Crippen LogP contribution in [0.15, 0.2) is 47.0 Å². The van der Waals surface area contributed by atoms with Gasteiger partial charge >= 0.3 is 5.97 Å². The lowest BCUT2D eigenvalue weighted by Crippen LogP contribution is -2.22. The standard InChI is InChI=1S/C15H12N2O4/c18-14(11-2-1-3-12-10(11)6-7-16-12)17-8-9-4-5-13(21-9)15(19)20/h1-7,16H,8H2,(H,17,18)(H,19,20). The first-order valence-corrected chi connectivity index (χ1v) is 6.31. The molecule has 1 aromatic carbocycles. The highest BCUT2D eigenvalue weighted by Crippen LogP contribution is 2.17. The number of carbonyl (C=O) groups is 2. The van der Waals surface area contributed by atoms with E-state index < -0.39 is 5.97 Å². The number of aromatic amines is 1. The normalized spacial score (nSPS) is 10.7. The maximum atomic E-state index is 12.2. The molecule has 0 spiro atoms. The van der Waals surface area contributed by atoms with Crippen LogP contribution < -0.4 is 5.32 Å². The Morgan fingerprint density at radius 2 is 2.05 bits per heavy atom. The van der Waals surface area contributed by atoms with Gasteiger partial charge in [-0.3, -0.25) is 4.79 Å². The summed E-state index contributed by atoms with van der Waals surface area (Å²) < 4.78 is 5.08. The molecule has 0 radical (unpaired) electrons. The Kier molecular flexibility index (Phi) is 3.19. The summed E-state index contributed by atoms with van der Waals surface area (Å²) in [5, 5.41) is 12.3. The Balaban J connectivity index is 1.74. The van der Waals surface area contributed by atoms with E-state index in [-0.39, 0.29) is 18.2 Å². The first kappa shape index (κ1) is 13.0. The van der Waals surface area contributed by atoms with Crippen molar-refractivity contribution in [1.29, 1.82) is 0 Å². The molecular formula is C15H12N2O4. The van der Waals surface area contributed by atoms with Crippen molar-refractivity contribution in [3.05, 3.63) is 59.7 Å². The van der Waals surface area contributed by atoms with E-state index >= 15 is 0 Å². The smallest absolute Gasteiger partial charge is 0.371 e. The molecule has 2 aromatic heterocycles. The predicted octanol–water partition coefficient (Wildman–Crippen LogP) is 2.39. The third kappa shape index (κ3) is 2.51. The van der Waals surface area contributed by atoms with Crippen LogP contribution in [0.1, 0.15) is 26.7 Å². The molecule has 0 aliphatic heterocycles. The molecule has 0 saturated carbocycles. The van der Waals surface area contributed by atoms with Gasteiger partial charge in [0.1, 0.15) is 5.76 Å². The Hall–Kier alpha value is -3.02. The number of fused-ring (bicyclic) bond motifs is 1. The largest absolute Gasteiger partial charge is 0.475 e. The number of carbonyl (C=O) groups excluding carboxylic acids is 1. The highest BCUT2D eigenvalue weighted by molar-refractivity contribution is 6.06. The Bertz CT molecular complexity index is 816. The van der Waals surface area contributed by atoms with E-state index in [1.54, 1.807) is 18.3 Å². The first-order chi connectivity index (χ1) is 10.1. The van der Waals surface area contributed by atoms with E-state index in [1.807, 2.05) is 12.1 Å². The summed E-state index contributed by atoms with van der Waals surface area (Å²) in [6, 6.07) is 10.1. The second kappa shape index (κ2) is 5.16. The van der Waals surface area contributed by atoms with Crippen LogP contribution in [-0.4, -0.2) is 22.0 Å². The van der Waals surface area contributed by atoms with Crippen molar-refractivity contribution < 1.29 is 19.1 Å². The van der Waals surface area contributed by atoms with Crippen molar-refractivity contribution in [3.8, 4) is 0 Å². The van der Waals surface area contributed by atoms with Crippen LogP contribution in [-0.2, 0) is 6.54 Å². The van der Waals surface area contributed by atoms with Gasteiger partial charge in [-0.2, -0.15) is 0 Å². The average Bonchev–Trinajstić information content (AvgIpc) is 3.12. The molecule has 0 bridgehead atoms. The third-order valence-corrected chi connectivity index (χ3v) is 3.14. The summed E-state index contributed by atoms with van der Waals surface area (Å²) in [7, 11) is 0. The van der Waals surface area contributed by atoms with Crippen molar-refractivity contribution in [2.75, 3.05) is 0 Å². The van der Waals surface area contributed by atoms with Gasteiger partial charge in [0.25, 0.3) is 5.91 Å². The van der Waals surface area contributed by atoms with Gasteiger partial charge in [-0.1, -0.05) is 6.07 Å². The third-order valence-electron chi connectivity index (χ3n) is 3.14. The molecule has 106 valence electrons. The Labute approximate surface area is 119 Å². The van der Waals surface area contributed by atoms with Gasteiger partial charge in [-0.05, 0) is 30.3 Å². The van der Waals surface area contributed by atoms with Gasteiger partial charge < -0.3 is 19.8 Å². The molecule has 1 amide bonds. The fraction of sp³-hybridized carbons (Fsp3) is 0.0667. The number of nitrogens with one attached hydrogen (secondary N) is 2. The minimum Gasteiger partial charge on any atom is -0.475 e. The van der Waals surface area contributed by atoms with Crippen LogP contribution in [0.3, 0.4) is 0 Å². The average molecular weight is 284 g/mol. The molecule has 3 N–H and O–H groups in total. The maximum Gasteiger partial charge on any atom is 0.371 e. The number of hydrogen-bond donors (Lipinski definition) is 3. The summed E-state index contributed by atoms with van der Waals surface area (Å²) in [6.45, 7) is 0.132. The molecule has 0 aliphatic rings. The van der Waals surface area contributed by atoms with Crippen molar-refractivity contribution in [1.82, 2.24) is 10.3 Å². The number of hydrogen-bond acceptors (Lipinski definition) is 3. The van der Waals surface area contributed by atoms with E-state index in [9.17, 15) is 9.59 Å². The van der Waals surface area contributed by atoms with Gasteiger partial charge in [0.2, 0.25) is 5.76 Å². The number of carboxylic acids is 1. The topological polar surface area (TPSA) is 95.3 Å². The Morgan fingerprint density at radius 3 is 2.81 bits per heavy atom. The van der Waals surface area contributed by atoms with Crippen LogP contribution in [0.4, 0.5) is 0 Å². The number of furan rings is 1. The fourth-order valence-corrected chi connectivity index (χ4v) is 2.13. The Morgan fingerprint density at radius 1 is 1.19 bits per heavy atom. The summed E-state index contributed by atoms with van der Waals surface area (Å²) in [4.78, 5) is 25.9. The SMILES string of the molecule is O=C(O)c1ccc(CNC(=O)c2cccc3[nH]ccc23)o1. The van der Waals surface area contributed by atoms with E-state index in [2.05, 4.69) is 10.3 Å². The summed E-state index contributed by atoms with van der Waals surface area (Å²) >= 11 is 0. The molecule has 2 heterocycles. The molecule has 0 unspecified atom stereocenters. The number of carboxylic acid groups (broad SMARTS) is 1. The summed E-state index contributed by atoms with van der Waals surface area (Å²) in [5.74, 6) is -1.13. The lowest BCUT2D eigenvalue weighted by atomic mass is 10.1. The van der Waals surface area contributed by atoms with Gasteiger partial charge in [0, 0.05) is 22.7 Å². The molecule has 0 aliphatic carbocycles. The van der Waals surface area contributed by atoms with Crippen LogP contribution >= 0.6 is 0 Å². The van der Waals surface area contributed by atoms with Crippen LogP contribution in [0.2, 0.25) is 0 Å². The van der Waals surface area contributed by atoms with Crippen LogP contribution in [0.5, 0.6) is 0 Å². The maximum absolute atomic E-state index is 12.2. The number of H-pyrrole nitrogens is 1. The van der Waals surface area contributed by atoms with Crippen molar-refractivity contribution >= 4 is 22.8 Å². The number of aromatic nitrogens is 1. The number of rotatable bonds is 4.